The number of halogens is 1. The number of benzene rings is 1. The summed E-state index contributed by atoms with van der Waals surface area (Å²) in [6.07, 6.45) is 1.52. The van der Waals surface area contributed by atoms with Gasteiger partial charge < -0.3 is 10.2 Å². The van der Waals surface area contributed by atoms with Crippen LogP contribution in [0.2, 0.25) is 0 Å². The minimum Gasteiger partial charge on any atom is -0.370 e. The van der Waals surface area contributed by atoms with Crippen LogP contribution in [-0.4, -0.2) is 23.6 Å². The highest BCUT2D eigenvalue weighted by molar-refractivity contribution is 5.48. The van der Waals surface area contributed by atoms with Crippen molar-refractivity contribution in [2.24, 2.45) is 0 Å². The standard InChI is InChI=1S/C14H17FN4/c1-3-16-13-8-14(18-10-17-13)19(2)9-11-5-4-6-12(15)7-11/h4-8,10H,3,9H2,1-2H3,(H,16,17,18). The Labute approximate surface area is 112 Å². The summed E-state index contributed by atoms with van der Waals surface area (Å²) in [5.41, 5.74) is 0.908. The molecule has 1 heterocycles. The van der Waals surface area contributed by atoms with Gasteiger partial charge in [0, 0.05) is 26.2 Å². The predicted octanol–water partition coefficient (Wildman–Crippen LogP) is 2.68. The molecule has 0 aliphatic carbocycles. The van der Waals surface area contributed by atoms with Crippen molar-refractivity contribution in [2.45, 2.75) is 13.5 Å². The van der Waals surface area contributed by atoms with Gasteiger partial charge in [-0.3, -0.25) is 0 Å². The van der Waals surface area contributed by atoms with Crippen molar-refractivity contribution < 1.29 is 4.39 Å². The third-order valence-electron chi connectivity index (χ3n) is 2.71. The van der Waals surface area contributed by atoms with Crippen LogP contribution in [0.4, 0.5) is 16.0 Å². The SMILES string of the molecule is CCNc1cc(N(C)Cc2cccc(F)c2)ncn1. The number of hydrogen-bond acceptors (Lipinski definition) is 4. The van der Waals surface area contributed by atoms with E-state index in [1.807, 2.05) is 31.0 Å². The maximum absolute atomic E-state index is 13.1. The van der Waals surface area contributed by atoms with Crippen molar-refractivity contribution in [3.05, 3.63) is 48.0 Å². The molecule has 0 saturated carbocycles. The van der Waals surface area contributed by atoms with Crippen LogP contribution in [0.3, 0.4) is 0 Å². The monoisotopic (exact) mass is 260 g/mol. The molecule has 1 N–H and O–H groups in total. The Hall–Kier alpha value is -2.17. The lowest BCUT2D eigenvalue weighted by Gasteiger charge is -2.18. The molecule has 0 aliphatic heterocycles. The van der Waals surface area contributed by atoms with Gasteiger partial charge in [-0.05, 0) is 24.6 Å². The lowest BCUT2D eigenvalue weighted by Crippen LogP contribution is -2.18. The van der Waals surface area contributed by atoms with Crippen LogP contribution in [0.25, 0.3) is 0 Å². The van der Waals surface area contributed by atoms with Crippen LogP contribution < -0.4 is 10.2 Å². The Balaban J connectivity index is 2.11. The molecule has 0 atom stereocenters. The molecule has 0 unspecified atom stereocenters. The zero-order chi connectivity index (χ0) is 13.7. The van der Waals surface area contributed by atoms with E-state index in [4.69, 9.17) is 0 Å². The quantitative estimate of drug-likeness (QED) is 0.897. The zero-order valence-corrected chi connectivity index (χ0v) is 11.1. The molecule has 4 nitrogen and oxygen atoms in total. The fraction of sp³-hybridized carbons (Fsp3) is 0.286. The second-order valence-corrected chi connectivity index (χ2v) is 4.28. The Morgan fingerprint density at radius 3 is 2.84 bits per heavy atom. The van der Waals surface area contributed by atoms with E-state index in [0.29, 0.717) is 6.54 Å². The highest BCUT2D eigenvalue weighted by Gasteiger charge is 2.05. The lowest BCUT2D eigenvalue weighted by atomic mass is 10.2. The van der Waals surface area contributed by atoms with Gasteiger partial charge in [0.15, 0.2) is 0 Å². The summed E-state index contributed by atoms with van der Waals surface area (Å²) in [5, 5.41) is 3.14. The molecule has 0 saturated heterocycles. The summed E-state index contributed by atoms with van der Waals surface area (Å²) >= 11 is 0. The van der Waals surface area contributed by atoms with Crippen LogP contribution >= 0.6 is 0 Å². The van der Waals surface area contributed by atoms with Crippen molar-refractivity contribution in [3.8, 4) is 0 Å². The molecule has 0 radical (unpaired) electrons. The molecule has 1 aromatic carbocycles. The van der Waals surface area contributed by atoms with Gasteiger partial charge in [0.05, 0.1) is 0 Å². The Kier molecular flexibility index (Phi) is 4.28. The molecular weight excluding hydrogens is 243 g/mol. The summed E-state index contributed by atoms with van der Waals surface area (Å²) in [7, 11) is 1.92. The second kappa shape index (κ2) is 6.13. The molecule has 0 spiro atoms. The van der Waals surface area contributed by atoms with Crippen LogP contribution in [-0.2, 0) is 6.54 Å². The first-order chi connectivity index (χ1) is 9.19. The molecule has 5 heteroatoms. The minimum absolute atomic E-state index is 0.220. The van der Waals surface area contributed by atoms with Crippen molar-refractivity contribution in [2.75, 3.05) is 23.8 Å². The minimum atomic E-state index is -0.220. The smallest absolute Gasteiger partial charge is 0.134 e. The van der Waals surface area contributed by atoms with E-state index >= 15 is 0 Å². The fourth-order valence-corrected chi connectivity index (χ4v) is 1.82. The largest absolute Gasteiger partial charge is 0.370 e. The summed E-state index contributed by atoms with van der Waals surface area (Å²) in [5.74, 6) is 1.37. The van der Waals surface area contributed by atoms with E-state index in [1.54, 1.807) is 6.07 Å². The first-order valence-corrected chi connectivity index (χ1v) is 6.20. The average molecular weight is 260 g/mol. The highest BCUT2D eigenvalue weighted by Crippen LogP contribution is 2.15. The van der Waals surface area contributed by atoms with E-state index in [-0.39, 0.29) is 5.82 Å². The average Bonchev–Trinajstić information content (AvgIpc) is 2.39. The van der Waals surface area contributed by atoms with Gasteiger partial charge >= 0.3 is 0 Å². The second-order valence-electron chi connectivity index (χ2n) is 4.28. The van der Waals surface area contributed by atoms with Crippen LogP contribution in [0.5, 0.6) is 0 Å². The van der Waals surface area contributed by atoms with Gasteiger partial charge in [0.2, 0.25) is 0 Å². The molecule has 0 fully saturated rings. The number of anilines is 2. The van der Waals surface area contributed by atoms with Gasteiger partial charge in [-0.25, -0.2) is 14.4 Å². The summed E-state index contributed by atoms with van der Waals surface area (Å²) in [4.78, 5) is 10.3. The van der Waals surface area contributed by atoms with Crippen molar-refractivity contribution in [1.82, 2.24) is 9.97 Å². The normalized spacial score (nSPS) is 10.3. The summed E-state index contributed by atoms with van der Waals surface area (Å²) in [6, 6.07) is 8.46. The van der Waals surface area contributed by atoms with Crippen LogP contribution in [0.15, 0.2) is 36.7 Å². The number of nitrogens with zero attached hydrogens (tertiary/aromatic N) is 3. The molecule has 2 aromatic rings. The predicted molar refractivity (Wildman–Crippen MR) is 74.7 cm³/mol. The Bertz CT molecular complexity index is 544. The Morgan fingerprint density at radius 1 is 1.26 bits per heavy atom. The number of hydrogen-bond donors (Lipinski definition) is 1. The van der Waals surface area contributed by atoms with E-state index in [0.717, 1.165) is 23.7 Å². The van der Waals surface area contributed by atoms with Gasteiger partial charge in [0.1, 0.15) is 23.8 Å². The summed E-state index contributed by atoms with van der Waals surface area (Å²) < 4.78 is 13.1. The number of aromatic nitrogens is 2. The van der Waals surface area contributed by atoms with Crippen LogP contribution in [0.1, 0.15) is 12.5 Å². The molecule has 2 rings (SSSR count). The first kappa shape index (κ1) is 13.3. The molecule has 0 amide bonds. The lowest BCUT2D eigenvalue weighted by molar-refractivity contribution is 0.625. The van der Waals surface area contributed by atoms with Gasteiger partial charge in [-0.15, -0.1) is 0 Å². The number of rotatable bonds is 5. The molecule has 100 valence electrons. The van der Waals surface area contributed by atoms with Crippen molar-refractivity contribution in [1.29, 1.82) is 0 Å². The third-order valence-corrected chi connectivity index (χ3v) is 2.71. The maximum Gasteiger partial charge on any atom is 0.134 e. The molecule has 19 heavy (non-hydrogen) atoms. The molecule has 0 bridgehead atoms. The van der Waals surface area contributed by atoms with Crippen molar-refractivity contribution >= 4 is 11.6 Å². The number of nitrogens with one attached hydrogen (secondary N) is 1. The topological polar surface area (TPSA) is 41.0 Å². The Morgan fingerprint density at radius 2 is 2.11 bits per heavy atom. The molecule has 0 aliphatic rings. The van der Waals surface area contributed by atoms with E-state index in [2.05, 4.69) is 15.3 Å². The van der Waals surface area contributed by atoms with Gasteiger partial charge in [-0.2, -0.15) is 0 Å². The summed E-state index contributed by atoms with van der Waals surface area (Å²) in [6.45, 7) is 3.42. The molecule has 1 aromatic heterocycles. The van der Waals surface area contributed by atoms with E-state index < -0.39 is 0 Å². The van der Waals surface area contributed by atoms with Crippen LogP contribution in [0, 0.1) is 5.82 Å². The van der Waals surface area contributed by atoms with E-state index in [9.17, 15) is 4.39 Å². The van der Waals surface area contributed by atoms with Gasteiger partial charge in [-0.1, -0.05) is 12.1 Å². The van der Waals surface area contributed by atoms with Gasteiger partial charge in [0.25, 0.3) is 0 Å². The maximum atomic E-state index is 13.1. The highest BCUT2D eigenvalue weighted by atomic mass is 19.1. The molecular formula is C14H17FN4. The first-order valence-electron chi connectivity index (χ1n) is 6.20. The fourth-order valence-electron chi connectivity index (χ4n) is 1.82. The third kappa shape index (κ3) is 3.64. The van der Waals surface area contributed by atoms with Crippen molar-refractivity contribution in [3.63, 3.8) is 0 Å². The van der Waals surface area contributed by atoms with E-state index in [1.165, 1.54) is 18.5 Å². The zero-order valence-electron chi connectivity index (χ0n) is 11.1.